The average Bonchev–Trinajstić information content (AvgIpc) is 3.19. The first-order valence-electron chi connectivity index (χ1n) is 11.5. The summed E-state index contributed by atoms with van der Waals surface area (Å²) in [6.07, 6.45) is 7.28. The van der Waals surface area contributed by atoms with E-state index in [-0.39, 0.29) is 0 Å². The number of anilines is 1. The molecule has 3 aromatic rings. The van der Waals surface area contributed by atoms with Crippen LogP contribution in [0.15, 0.2) is 52.9 Å². The summed E-state index contributed by atoms with van der Waals surface area (Å²) in [4.78, 5) is 18.3. The van der Waals surface area contributed by atoms with Gasteiger partial charge in [-0.05, 0) is 50.1 Å². The molecule has 1 N–H and O–H groups in total. The Morgan fingerprint density at radius 2 is 1.81 bits per heavy atom. The third-order valence-corrected chi connectivity index (χ3v) is 5.49. The fourth-order valence-electron chi connectivity index (χ4n) is 3.59. The Labute approximate surface area is 190 Å². The summed E-state index contributed by atoms with van der Waals surface area (Å²) >= 11 is 0. The topological polar surface area (TPSA) is 75.8 Å². The van der Waals surface area contributed by atoms with E-state index in [1.165, 1.54) is 32.1 Å². The second-order valence-electron chi connectivity index (χ2n) is 8.72. The Bertz CT molecular complexity index is 979. The minimum Gasteiger partial charge on any atom is -0.478 e. The zero-order valence-corrected chi connectivity index (χ0v) is 19.3. The molecule has 6 heteroatoms. The van der Waals surface area contributed by atoms with Crippen molar-refractivity contribution in [3.05, 3.63) is 54.1 Å². The molecule has 2 aromatic carbocycles. The molecule has 0 amide bonds. The Kier molecular flexibility index (Phi) is 8.14. The van der Waals surface area contributed by atoms with Crippen molar-refractivity contribution >= 4 is 23.1 Å². The summed E-state index contributed by atoms with van der Waals surface area (Å²) in [6, 6.07) is 16.0. The number of carboxylic acid groups (broad SMARTS) is 1. The maximum Gasteiger partial charge on any atom is 0.347 e. The molecule has 0 spiro atoms. The van der Waals surface area contributed by atoms with E-state index in [1.54, 1.807) is 19.9 Å². The lowest BCUT2D eigenvalue weighted by molar-refractivity contribution is -0.152. The number of carboxylic acids is 1. The summed E-state index contributed by atoms with van der Waals surface area (Å²) in [5.74, 6) is -0.467. The highest BCUT2D eigenvalue weighted by molar-refractivity contribution is 5.76. The predicted octanol–water partition coefficient (Wildman–Crippen LogP) is 6.44. The first kappa shape index (κ1) is 23.6. The third-order valence-electron chi connectivity index (χ3n) is 5.49. The SMILES string of the molecule is CCCCCCCCN(Cc1cccc(OC(C)(C)C(=O)O)c1)c1nc2ccccc2o1. The van der Waals surface area contributed by atoms with Gasteiger partial charge in [-0.2, -0.15) is 4.98 Å². The molecule has 0 aliphatic carbocycles. The molecule has 1 heterocycles. The van der Waals surface area contributed by atoms with Crippen LogP contribution in [0.3, 0.4) is 0 Å². The van der Waals surface area contributed by atoms with E-state index in [1.807, 2.05) is 42.5 Å². The molecule has 0 aliphatic heterocycles. The van der Waals surface area contributed by atoms with Crippen LogP contribution in [-0.2, 0) is 11.3 Å². The van der Waals surface area contributed by atoms with Gasteiger partial charge >= 0.3 is 5.97 Å². The van der Waals surface area contributed by atoms with Crippen LogP contribution in [0.1, 0.15) is 64.9 Å². The molecule has 0 fully saturated rings. The van der Waals surface area contributed by atoms with Crippen LogP contribution >= 0.6 is 0 Å². The quantitative estimate of drug-likeness (QED) is 0.310. The number of unbranched alkanes of at least 4 members (excludes halogenated alkanes) is 5. The van der Waals surface area contributed by atoms with Crippen molar-refractivity contribution < 1.29 is 19.1 Å². The van der Waals surface area contributed by atoms with Gasteiger partial charge in [0.1, 0.15) is 11.3 Å². The van der Waals surface area contributed by atoms with Crippen LogP contribution < -0.4 is 9.64 Å². The Morgan fingerprint density at radius 3 is 2.56 bits per heavy atom. The number of oxazole rings is 1. The van der Waals surface area contributed by atoms with E-state index in [0.717, 1.165) is 29.6 Å². The number of aromatic nitrogens is 1. The number of carbonyl (C=O) groups is 1. The van der Waals surface area contributed by atoms with Crippen molar-refractivity contribution in [2.24, 2.45) is 0 Å². The molecule has 0 unspecified atom stereocenters. The minimum absolute atomic E-state index is 0.534. The molecule has 0 saturated carbocycles. The van der Waals surface area contributed by atoms with Gasteiger partial charge in [0, 0.05) is 13.1 Å². The number of ether oxygens (including phenoxy) is 1. The molecular formula is C26H34N2O4. The molecular weight excluding hydrogens is 404 g/mol. The molecule has 0 radical (unpaired) electrons. The predicted molar refractivity (Wildman–Crippen MR) is 127 cm³/mol. The second kappa shape index (κ2) is 11.0. The lowest BCUT2D eigenvalue weighted by Gasteiger charge is -2.23. The van der Waals surface area contributed by atoms with Crippen molar-refractivity contribution in [1.29, 1.82) is 0 Å². The van der Waals surface area contributed by atoms with Crippen LogP contribution in [-0.4, -0.2) is 28.2 Å². The number of hydrogen-bond acceptors (Lipinski definition) is 5. The number of para-hydroxylation sites is 2. The van der Waals surface area contributed by atoms with Gasteiger partial charge in [0.2, 0.25) is 0 Å². The van der Waals surface area contributed by atoms with Gasteiger partial charge in [-0.1, -0.05) is 63.3 Å². The fourth-order valence-corrected chi connectivity index (χ4v) is 3.59. The van der Waals surface area contributed by atoms with Crippen LogP contribution in [0, 0.1) is 0 Å². The molecule has 0 saturated heterocycles. The standard InChI is InChI=1S/C26H34N2O4/c1-4-5-6-7-8-11-17-28(25-27-22-15-9-10-16-23(22)31-25)19-20-13-12-14-21(18-20)32-26(2,3)24(29)30/h9-10,12-16,18H,4-8,11,17,19H2,1-3H3,(H,29,30). The van der Waals surface area contributed by atoms with E-state index >= 15 is 0 Å². The Hall–Kier alpha value is -3.02. The molecule has 1 aromatic heterocycles. The van der Waals surface area contributed by atoms with Crippen molar-refractivity contribution in [3.8, 4) is 5.75 Å². The zero-order chi connectivity index (χ0) is 23.0. The van der Waals surface area contributed by atoms with E-state index < -0.39 is 11.6 Å². The normalized spacial score (nSPS) is 11.6. The van der Waals surface area contributed by atoms with Crippen LogP contribution in [0.2, 0.25) is 0 Å². The first-order valence-corrected chi connectivity index (χ1v) is 11.5. The maximum atomic E-state index is 11.4. The monoisotopic (exact) mass is 438 g/mol. The number of benzene rings is 2. The van der Waals surface area contributed by atoms with Gasteiger partial charge in [0.25, 0.3) is 6.01 Å². The smallest absolute Gasteiger partial charge is 0.347 e. The van der Waals surface area contributed by atoms with Gasteiger partial charge in [0.05, 0.1) is 0 Å². The number of aliphatic carboxylic acids is 1. The van der Waals surface area contributed by atoms with Crippen molar-refractivity contribution in [1.82, 2.24) is 4.98 Å². The number of nitrogens with zero attached hydrogens (tertiary/aromatic N) is 2. The summed E-state index contributed by atoms with van der Waals surface area (Å²) in [5.41, 5.74) is 1.33. The lowest BCUT2D eigenvalue weighted by Crippen LogP contribution is -2.37. The third kappa shape index (κ3) is 6.49. The number of hydrogen-bond donors (Lipinski definition) is 1. The van der Waals surface area contributed by atoms with Gasteiger partial charge in [-0.3, -0.25) is 0 Å². The second-order valence-corrected chi connectivity index (χ2v) is 8.72. The molecule has 32 heavy (non-hydrogen) atoms. The molecule has 6 nitrogen and oxygen atoms in total. The van der Waals surface area contributed by atoms with Crippen LogP contribution in [0.4, 0.5) is 6.01 Å². The molecule has 0 aliphatic rings. The minimum atomic E-state index is -1.29. The van der Waals surface area contributed by atoms with Gasteiger partial charge in [-0.25, -0.2) is 4.79 Å². The molecule has 0 bridgehead atoms. The fraction of sp³-hybridized carbons (Fsp3) is 0.462. The van der Waals surface area contributed by atoms with Crippen molar-refractivity contribution in [2.45, 2.75) is 71.4 Å². The number of fused-ring (bicyclic) bond motifs is 1. The Balaban J connectivity index is 1.74. The van der Waals surface area contributed by atoms with E-state index in [0.29, 0.717) is 18.3 Å². The van der Waals surface area contributed by atoms with Crippen LogP contribution in [0.25, 0.3) is 11.1 Å². The highest BCUT2D eigenvalue weighted by Gasteiger charge is 2.29. The lowest BCUT2D eigenvalue weighted by atomic mass is 10.1. The first-order chi connectivity index (χ1) is 15.4. The maximum absolute atomic E-state index is 11.4. The summed E-state index contributed by atoms with van der Waals surface area (Å²) in [5, 5.41) is 9.36. The van der Waals surface area contributed by atoms with E-state index in [2.05, 4.69) is 11.8 Å². The largest absolute Gasteiger partial charge is 0.478 e. The molecule has 172 valence electrons. The Morgan fingerprint density at radius 1 is 1.06 bits per heavy atom. The highest BCUT2D eigenvalue weighted by Crippen LogP contribution is 2.26. The van der Waals surface area contributed by atoms with Crippen LogP contribution in [0.5, 0.6) is 5.75 Å². The zero-order valence-electron chi connectivity index (χ0n) is 19.3. The summed E-state index contributed by atoms with van der Waals surface area (Å²) in [7, 11) is 0. The van der Waals surface area contributed by atoms with E-state index in [4.69, 9.17) is 14.1 Å². The van der Waals surface area contributed by atoms with Crippen molar-refractivity contribution in [3.63, 3.8) is 0 Å². The summed E-state index contributed by atoms with van der Waals surface area (Å²) in [6.45, 7) is 6.76. The van der Waals surface area contributed by atoms with Gasteiger partial charge in [-0.15, -0.1) is 0 Å². The van der Waals surface area contributed by atoms with E-state index in [9.17, 15) is 9.90 Å². The van der Waals surface area contributed by atoms with Gasteiger partial charge < -0.3 is 19.2 Å². The highest BCUT2D eigenvalue weighted by atomic mass is 16.5. The molecule has 3 rings (SSSR count). The average molecular weight is 439 g/mol. The van der Waals surface area contributed by atoms with Gasteiger partial charge in [0.15, 0.2) is 11.2 Å². The molecule has 0 atom stereocenters. The number of rotatable bonds is 13. The summed E-state index contributed by atoms with van der Waals surface area (Å²) < 4.78 is 11.8. The van der Waals surface area contributed by atoms with Crippen molar-refractivity contribution in [2.75, 3.05) is 11.4 Å².